The summed E-state index contributed by atoms with van der Waals surface area (Å²) in [6.45, 7) is 3.86. The first-order chi connectivity index (χ1) is 15.9. The third-order valence-electron chi connectivity index (χ3n) is 5.05. The van der Waals surface area contributed by atoms with Crippen molar-refractivity contribution in [1.29, 1.82) is 0 Å². The summed E-state index contributed by atoms with van der Waals surface area (Å²) in [6, 6.07) is 25.4. The van der Waals surface area contributed by atoms with Crippen molar-refractivity contribution >= 4 is 23.4 Å². The highest BCUT2D eigenvalue weighted by Gasteiger charge is 2.31. The Kier molecular flexibility index (Phi) is 8.90. The number of nitrogens with zero attached hydrogens (tertiary/aromatic N) is 1. The third kappa shape index (κ3) is 7.65. The summed E-state index contributed by atoms with van der Waals surface area (Å²) >= 11 is 6.18. The zero-order valence-corrected chi connectivity index (χ0v) is 19.7. The molecule has 0 radical (unpaired) electrons. The van der Waals surface area contributed by atoms with Crippen molar-refractivity contribution in [3.63, 3.8) is 0 Å². The summed E-state index contributed by atoms with van der Waals surface area (Å²) in [5.74, 6) is 0.113. The largest absolute Gasteiger partial charge is 0.484 e. The lowest BCUT2D eigenvalue weighted by molar-refractivity contribution is -0.143. The number of para-hydroxylation sites is 1. The van der Waals surface area contributed by atoms with Gasteiger partial charge >= 0.3 is 0 Å². The fraction of sp³-hybridized carbons (Fsp3) is 0.259. The van der Waals surface area contributed by atoms with Crippen LogP contribution >= 0.6 is 11.6 Å². The minimum absolute atomic E-state index is 0.0561. The van der Waals surface area contributed by atoms with Gasteiger partial charge in [-0.3, -0.25) is 9.59 Å². The fourth-order valence-electron chi connectivity index (χ4n) is 3.51. The molecule has 0 spiro atoms. The maximum Gasteiger partial charge on any atom is 0.261 e. The van der Waals surface area contributed by atoms with Crippen LogP contribution in [0.15, 0.2) is 84.9 Å². The average Bonchev–Trinajstić information content (AvgIpc) is 2.80. The first kappa shape index (κ1) is 24.3. The highest BCUT2D eigenvalue weighted by atomic mass is 35.5. The molecule has 1 N–H and O–H groups in total. The molecule has 3 aromatic carbocycles. The van der Waals surface area contributed by atoms with Gasteiger partial charge in [0.15, 0.2) is 6.61 Å². The summed E-state index contributed by atoms with van der Waals surface area (Å²) in [5, 5.41) is 3.55. The lowest BCUT2D eigenvalue weighted by Gasteiger charge is -2.32. The summed E-state index contributed by atoms with van der Waals surface area (Å²) in [5.41, 5.74) is 1.81. The van der Waals surface area contributed by atoms with Crippen LogP contribution in [0, 0.1) is 0 Å². The second-order valence-corrected chi connectivity index (χ2v) is 8.56. The maximum absolute atomic E-state index is 13.4. The Hall–Kier alpha value is -3.31. The predicted octanol–water partition coefficient (Wildman–Crippen LogP) is 4.88. The van der Waals surface area contributed by atoms with Crippen LogP contribution in [0.25, 0.3) is 0 Å². The number of hydrogen-bond acceptors (Lipinski definition) is 3. The van der Waals surface area contributed by atoms with Crippen LogP contribution in [0.1, 0.15) is 25.0 Å². The normalized spacial score (nSPS) is 11.6. The predicted molar refractivity (Wildman–Crippen MR) is 131 cm³/mol. The second-order valence-electron chi connectivity index (χ2n) is 8.12. The maximum atomic E-state index is 13.4. The molecule has 33 heavy (non-hydrogen) atoms. The summed E-state index contributed by atoms with van der Waals surface area (Å²) in [6.07, 6.45) is 0.386. The van der Waals surface area contributed by atoms with Gasteiger partial charge in [0, 0.05) is 24.0 Å². The van der Waals surface area contributed by atoms with E-state index in [0.29, 0.717) is 17.2 Å². The summed E-state index contributed by atoms with van der Waals surface area (Å²) in [7, 11) is 0. The number of benzene rings is 3. The monoisotopic (exact) mass is 464 g/mol. The Labute approximate surface area is 200 Å². The van der Waals surface area contributed by atoms with Crippen molar-refractivity contribution in [2.45, 2.75) is 38.9 Å². The first-order valence-corrected chi connectivity index (χ1v) is 11.4. The van der Waals surface area contributed by atoms with Crippen molar-refractivity contribution in [3.05, 3.63) is 101 Å². The number of halogens is 1. The Morgan fingerprint density at radius 3 is 2.18 bits per heavy atom. The minimum atomic E-state index is -0.708. The Balaban J connectivity index is 1.90. The third-order valence-corrected chi connectivity index (χ3v) is 5.28. The van der Waals surface area contributed by atoms with Crippen molar-refractivity contribution < 1.29 is 14.3 Å². The van der Waals surface area contributed by atoms with E-state index in [1.165, 1.54) is 0 Å². The van der Waals surface area contributed by atoms with Crippen molar-refractivity contribution in [2.24, 2.45) is 0 Å². The molecule has 0 aliphatic heterocycles. The topological polar surface area (TPSA) is 58.6 Å². The van der Waals surface area contributed by atoms with E-state index >= 15 is 0 Å². The highest BCUT2D eigenvalue weighted by molar-refractivity contribution is 6.30. The van der Waals surface area contributed by atoms with Gasteiger partial charge in [0.25, 0.3) is 5.91 Å². The molecule has 0 aromatic heterocycles. The number of carbonyl (C=O) groups is 2. The molecule has 0 saturated heterocycles. The van der Waals surface area contributed by atoms with Crippen LogP contribution in [0.2, 0.25) is 5.02 Å². The smallest absolute Gasteiger partial charge is 0.261 e. The molecule has 3 aromatic rings. The Bertz CT molecular complexity index is 1040. The van der Waals surface area contributed by atoms with Gasteiger partial charge in [0.2, 0.25) is 5.91 Å². The number of ether oxygens (including phenoxy) is 1. The molecular formula is C27H29ClN2O3. The molecule has 0 fully saturated rings. The van der Waals surface area contributed by atoms with Gasteiger partial charge in [0.05, 0.1) is 0 Å². The van der Waals surface area contributed by atoms with E-state index in [1.807, 2.05) is 74.5 Å². The van der Waals surface area contributed by atoms with E-state index < -0.39 is 6.04 Å². The van der Waals surface area contributed by atoms with Crippen LogP contribution in [0.3, 0.4) is 0 Å². The fourth-order valence-corrected chi connectivity index (χ4v) is 3.72. The van der Waals surface area contributed by atoms with Crippen LogP contribution in [0.4, 0.5) is 0 Å². The van der Waals surface area contributed by atoms with Crippen molar-refractivity contribution in [3.8, 4) is 5.75 Å². The number of hydrogen-bond donors (Lipinski definition) is 1. The molecular weight excluding hydrogens is 436 g/mol. The van der Waals surface area contributed by atoms with Gasteiger partial charge in [-0.1, -0.05) is 72.3 Å². The standard InChI is InChI=1S/C27H29ClN2O3/c1-20(2)29-27(32)25(17-21-10-5-3-6-11-21)30(18-22-12-9-13-23(28)16-22)26(31)19-33-24-14-7-4-8-15-24/h3-16,20,25H,17-19H2,1-2H3,(H,29,32). The summed E-state index contributed by atoms with van der Waals surface area (Å²) < 4.78 is 5.72. The van der Waals surface area contributed by atoms with E-state index in [4.69, 9.17) is 16.3 Å². The molecule has 6 heteroatoms. The molecule has 0 saturated carbocycles. The minimum Gasteiger partial charge on any atom is -0.484 e. The quantitative estimate of drug-likeness (QED) is 0.465. The van der Waals surface area contributed by atoms with Gasteiger partial charge in [-0.25, -0.2) is 0 Å². The van der Waals surface area contributed by atoms with Crippen LogP contribution in [-0.2, 0) is 22.6 Å². The van der Waals surface area contributed by atoms with Gasteiger partial charge in [-0.05, 0) is 49.2 Å². The molecule has 5 nitrogen and oxygen atoms in total. The Morgan fingerprint density at radius 2 is 1.55 bits per heavy atom. The van der Waals surface area contributed by atoms with Gasteiger partial charge < -0.3 is 15.0 Å². The molecule has 2 amide bonds. The summed E-state index contributed by atoms with van der Waals surface area (Å²) in [4.78, 5) is 28.3. The molecule has 0 heterocycles. The molecule has 0 bridgehead atoms. The van der Waals surface area contributed by atoms with Crippen molar-refractivity contribution in [1.82, 2.24) is 10.2 Å². The number of amides is 2. The SMILES string of the molecule is CC(C)NC(=O)C(Cc1ccccc1)N(Cc1cccc(Cl)c1)C(=O)COc1ccccc1. The van der Waals surface area contributed by atoms with Gasteiger partial charge in [-0.2, -0.15) is 0 Å². The van der Waals surface area contributed by atoms with Gasteiger partial charge in [0.1, 0.15) is 11.8 Å². The van der Waals surface area contributed by atoms with Crippen LogP contribution < -0.4 is 10.1 Å². The number of carbonyl (C=O) groups excluding carboxylic acids is 2. The molecule has 172 valence electrons. The zero-order chi connectivity index (χ0) is 23.6. The van der Waals surface area contributed by atoms with E-state index in [2.05, 4.69) is 5.32 Å². The average molecular weight is 465 g/mol. The molecule has 1 unspecified atom stereocenters. The van der Waals surface area contributed by atoms with Crippen molar-refractivity contribution in [2.75, 3.05) is 6.61 Å². The van der Waals surface area contributed by atoms with E-state index in [-0.39, 0.29) is 31.0 Å². The van der Waals surface area contributed by atoms with Gasteiger partial charge in [-0.15, -0.1) is 0 Å². The molecule has 1 atom stereocenters. The lowest BCUT2D eigenvalue weighted by atomic mass is 10.0. The number of nitrogens with one attached hydrogen (secondary N) is 1. The van der Waals surface area contributed by atoms with Crippen LogP contribution in [0.5, 0.6) is 5.75 Å². The zero-order valence-electron chi connectivity index (χ0n) is 18.9. The van der Waals surface area contributed by atoms with Crippen LogP contribution in [-0.4, -0.2) is 35.4 Å². The molecule has 0 aliphatic rings. The number of rotatable bonds is 10. The van der Waals surface area contributed by atoms with E-state index in [1.54, 1.807) is 29.2 Å². The highest BCUT2D eigenvalue weighted by Crippen LogP contribution is 2.18. The second kappa shape index (κ2) is 12.1. The Morgan fingerprint density at radius 1 is 0.909 bits per heavy atom. The van der Waals surface area contributed by atoms with E-state index in [9.17, 15) is 9.59 Å². The molecule has 3 rings (SSSR count). The lowest BCUT2D eigenvalue weighted by Crippen LogP contribution is -2.52. The first-order valence-electron chi connectivity index (χ1n) is 11.0. The van der Waals surface area contributed by atoms with E-state index in [0.717, 1.165) is 11.1 Å². The molecule has 0 aliphatic carbocycles.